The van der Waals surface area contributed by atoms with Crippen LogP contribution in [0.5, 0.6) is 0 Å². The summed E-state index contributed by atoms with van der Waals surface area (Å²) in [4.78, 5) is 2.47. The lowest BCUT2D eigenvalue weighted by Crippen LogP contribution is -2.37. The van der Waals surface area contributed by atoms with E-state index in [1.165, 1.54) is 41.4 Å². The van der Waals surface area contributed by atoms with Crippen LogP contribution in [0.1, 0.15) is 58.1 Å². The Morgan fingerprint density at radius 2 is 1.90 bits per heavy atom. The fourth-order valence-electron chi connectivity index (χ4n) is 3.21. The first-order chi connectivity index (χ1) is 9.84. The summed E-state index contributed by atoms with van der Waals surface area (Å²) in [6.07, 6.45) is 5.25. The van der Waals surface area contributed by atoms with Crippen LogP contribution in [-0.2, 0) is 0 Å². The van der Waals surface area contributed by atoms with Gasteiger partial charge in [-0.1, -0.05) is 19.9 Å². The van der Waals surface area contributed by atoms with Gasteiger partial charge < -0.3 is 10.2 Å². The second-order valence-electron chi connectivity index (χ2n) is 7.23. The van der Waals surface area contributed by atoms with Crippen molar-refractivity contribution in [3.05, 3.63) is 28.2 Å². The minimum absolute atomic E-state index is 0.385. The monoisotopic (exact) mass is 352 g/mol. The predicted molar refractivity (Wildman–Crippen MR) is 96.1 cm³/mol. The van der Waals surface area contributed by atoms with Crippen LogP contribution >= 0.6 is 15.9 Å². The van der Waals surface area contributed by atoms with Gasteiger partial charge in [-0.25, -0.2) is 0 Å². The minimum Gasteiger partial charge on any atom is -0.371 e. The van der Waals surface area contributed by atoms with Crippen LogP contribution in [0.4, 0.5) is 5.69 Å². The maximum Gasteiger partial charge on any atom is 0.0510 e. The van der Waals surface area contributed by atoms with E-state index < -0.39 is 0 Å². The number of hydrogen-bond acceptors (Lipinski definition) is 2. The summed E-state index contributed by atoms with van der Waals surface area (Å²) < 4.78 is 1.20. The van der Waals surface area contributed by atoms with Crippen LogP contribution < -0.4 is 10.2 Å². The summed E-state index contributed by atoms with van der Waals surface area (Å²) in [7, 11) is 4.24. The third-order valence-corrected chi connectivity index (χ3v) is 5.78. The molecule has 0 amide bonds. The first-order valence-corrected chi connectivity index (χ1v) is 8.83. The van der Waals surface area contributed by atoms with Gasteiger partial charge in [-0.05, 0) is 78.7 Å². The minimum atomic E-state index is 0.385. The molecule has 0 aliphatic heterocycles. The Kier molecular flexibility index (Phi) is 5.37. The van der Waals surface area contributed by atoms with Crippen LogP contribution in [0, 0.1) is 5.41 Å². The van der Waals surface area contributed by atoms with E-state index in [2.05, 4.69) is 72.2 Å². The van der Waals surface area contributed by atoms with Crippen molar-refractivity contribution in [2.24, 2.45) is 5.41 Å². The van der Waals surface area contributed by atoms with E-state index in [9.17, 15) is 0 Å². The van der Waals surface area contributed by atoms with E-state index >= 15 is 0 Å². The van der Waals surface area contributed by atoms with E-state index in [1.54, 1.807) is 0 Å². The molecule has 1 saturated carbocycles. The summed E-state index contributed by atoms with van der Waals surface area (Å²) >= 11 is 3.76. The van der Waals surface area contributed by atoms with E-state index in [4.69, 9.17) is 0 Å². The van der Waals surface area contributed by atoms with Gasteiger partial charge in [-0.2, -0.15) is 0 Å². The average Bonchev–Trinajstić information content (AvgIpc) is 2.45. The van der Waals surface area contributed by atoms with Crippen molar-refractivity contribution < 1.29 is 0 Å². The Hall–Kier alpha value is -0.540. The normalized spacial score (nSPS) is 20.3. The van der Waals surface area contributed by atoms with Crippen LogP contribution in [0.15, 0.2) is 22.7 Å². The number of rotatable bonds is 4. The zero-order valence-electron chi connectivity index (χ0n) is 14.0. The highest BCUT2D eigenvalue weighted by molar-refractivity contribution is 9.10. The van der Waals surface area contributed by atoms with Gasteiger partial charge in [0.2, 0.25) is 0 Å². The molecule has 2 nitrogen and oxygen atoms in total. The quantitative estimate of drug-likeness (QED) is 0.807. The van der Waals surface area contributed by atoms with Crippen LogP contribution in [0.3, 0.4) is 0 Å². The van der Waals surface area contributed by atoms with Gasteiger partial charge in [-0.15, -0.1) is 0 Å². The molecule has 0 bridgehead atoms. The Bertz CT molecular complexity index is 474. The highest BCUT2D eigenvalue weighted by atomic mass is 79.9. The summed E-state index contributed by atoms with van der Waals surface area (Å²) in [6, 6.07) is 7.80. The molecule has 1 aromatic carbocycles. The standard InChI is InChI=1S/C18H29BrN2/c1-13(20-4)14-6-7-17(16(19)12-14)21(5)15-8-10-18(2,3)11-9-15/h6-7,12-13,15,20H,8-11H2,1-5H3. The number of nitrogens with zero attached hydrogens (tertiary/aromatic N) is 1. The molecule has 2 rings (SSSR count). The maximum atomic E-state index is 3.76. The molecule has 1 unspecified atom stereocenters. The topological polar surface area (TPSA) is 15.3 Å². The summed E-state index contributed by atoms with van der Waals surface area (Å²) in [5, 5.41) is 3.30. The van der Waals surface area contributed by atoms with Crippen molar-refractivity contribution in [3.63, 3.8) is 0 Å². The molecule has 1 aliphatic rings. The lowest BCUT2D eigenvalue weighted by Gasteiger charge is -2.40. The molecule has 0 heterocycles. The van der Waals surface area contributed by atoms with Crippen molar-refractivity contribution in [3.8, 4) is 0 Å². The second kappa shape index (κ2) is 6.70. The lowest BCUT2D eigenvalue weighted by molar-refractivity contribution is 0.222. The number of nitrogens with one attached hydrogen (secondary N) is 1. The highest BCUT2D eigenvalue weighted by Crippen LogP contribution is 2.39. The lowest BCUT2D eigenvalue weighted by atomic mass is 9.75. The molecule has 21 heavy (non-hydrogen) atoms. The molecule has 1 aromatic rings. The number of benzene rings is 1. The van der Waals surface area contributed by atoms with Gasteiger partial charge in [0.15, 0.2) is 0 Å². The maximum absolute atomic E-state index is 3.76. The van der Waals surface area contributed by atoms with Crippen LogP contribution in [-0.4, -0.2) is 20.1 Å². The molecule has 3 heteroatoms. The molecule has 1 atom stereocenters. The Labute approximate surface area is 138 Å². The Morgan fingerprint density at radius 3 is 2.43 bits per heavy atom. The van der Waals surface area contributed by atoms with E-state index in [-0.39, 0.29) is 0 Å². The van der Waals surface area contributed by atoms with Gasteiger partial charge in [0.1, 0.15) is 0 Å². The molecule has 0 aromatic heterocycles. The Morgan fingerprint density at radius 1 is 1.29 bits per heavy atom. The van der Waals surface area contributed by atoms with Gasteiger partial charge in [0.25, 0.3) is 0 Å². The van der Waals surface area contributed by atoms with Crippen LogP contribution in [0.2, 0.25) is 0 Å². The van der Waals surface area contributed by atoms with E-state index in [0.29, 0.717) is 17.5 Å². The zero-order chi connectivity index (χ0) is 15.6. The van der Waals surface area contributed by atoms with Gasteiger partial charge in [0, 0.05) is 23.6 Å². The van der Waals surface area contributed by atoms with Crippen molar-refractivity contribution >= 4 is 21.6 Å². The van der Waals surface area contributed by atoms with Crippen molar-refractivity contribution in [2.45, 2.75) is 58.5 Å². The van der Waals surface area contributed by atoms with Gasteiger partial charge in [-0.3, -0.25) is 0 Å². The SMILES string of the molecule is CNC(C)c1ccc(N(C)C2CCC(C)(C)CC2)c(Br)c1. The number of hydrogen-bond donors (Lipinski definition) is 1. The highest BCUT2D eigenvalue weighted by Gasteiger charge is 2.29. The fraction of sp³-hybridized carbons (Fsp3) is 0.667. The van der Waals surface area contributed by atoms with Crippen molar-refractivity contribution in [1.29, 1.82) is 0 Å². The first kappa shape index (κ1) is 16.8. The number of halogens is 1. The Balaban J connectivity index is 2.11. The van der Waals surface area contributed by atoms with E-state index in [0.717, 1.165) is 0 Å². The molecule has 0 saturated heterocycles. The molecule has 1 fully saturated rings. The van der Waals surface area contributed by atoms with Gasteiger partial charge in [0.05, 0.1) is 5.69 Å². The predicted octanol–water partition coefficient (Wildman–Crippen LogP) is 5.13. The summed E-state index contributed by atoms with van der Waals surface area (Å²) in [5.74, 6) is 0. The molecule has 0 spiro atoms. The second-order valence-corrected chi connectivity index (χ2v) is 8.08. The smallest absolute Gasteiger partial charge is 0.0510 e. The van der Waals surface area contributed by atoms with Crippen molar-refractivity contribution in [2.75, 3.05) is 19.0 Å². The first-order valence-electron chi connectivity index (χ1n) is 8.03. The summed E-state index contributed by atoms with van der Waals surface area (Å²) in [6.45, 7) is 6.98. The zero-order valence-corrected chi connectivity index (χ0v) is 15.6. The average molecular weight is 353 g/mol. The molecule has 0 radical (unpaired) electrons. The van der Waals surface area contributed by atoms with E-state index in [1.807, 2.05) is 7.05 Å². The molecule has 1 aliphatic carbocycles. The van der Waals surface area contributed by atoms with Crippen molar-refractivity contribution in [1.82, 2.24) is 5.32 Å². The molecule has 118 valence electrons. The third-order valence-electron chi connectivity index (χ3n) is 5.14. The third kappa shape index (κ3) is 4.01. The number of anilines is 1. The molecular formula is C18H29BrN2. The largest absolute Gasteiger partial charge is 0.371 e. The molecule has 1 N–H and O–H groups in total. The fourth-order valence-corrected chi connectivity index (χ4v) is 3.89. The van der Waals surface area contributed by atoms with Crippen LogP contribution in [0.25, 0.3) is 0 Å². The molecular weight excluding hydrogens is 324 g/mol. The summed E-state index contributed by atoms with van der Waals surface area (Å²) in [5.41, 5.74) is 3.17. The van der Waals surface area contributed by atoms with Gasteiger partial charge >= 0.3 is 0 Å².